The molecule has 174 valence electrons. The second-order valence-electron chi connectivity index (χ2n) is 8.66. The van der Waals surface area contributed by atoms with Crippen LogP contribution in [0.5, 0.6) is 0 Å². The predicted molar refractivity (Wildman–Crippen MR) is 130 cm³/mol. The van der Waals surface area contributed by atoms with Crippen molar-refractivity contribution in [2.24, 2.45) is 11.8 Å². The molecule has 0 spiro atoms. The molecular weight excluding hydrogens is 438 g/mol. The smallest absolute Gasteiger partial charge is 0.326 e. The van der Waals surface area contributed by atoms with Gasteiger partial charge in [-0.15, -0.1) is 0 Å². The first-order valence-corrected chi connectivity index (χ1v) is 12.3. The van der Waals surface area contributed by atoms with Crippen LogP contribution in [-0.2, 0) is 19.1 Å². The van der Waals surface area contributed by atoms with Crippen molar-refractivity contribution in [3.63, 3.8) is 0 Å². The van der Waals surface area contributed by atoms with Crippen molar-refractivity contribution >= 4 is 40.9 Å². The average molecular weight is 468 g/mol. The van der Waals surface area contributed by atoms with E-state index in [-0.39, 0.29) is 11.8 Å². The molecule has 2 aliphatic rings. The summed E-state index contributed by atoms with van der Waals surface area (Å²) in [5.74, 6) is -2.06. The molecule has 2 amide bonds. The normalized spacial score (nSPS) is 26.4. The highest BCUT2D eigenvalue weighted by atomic mass is 32.2. The summed E-state index contributed by atoms with van der Waals surface area (Å²) in [5.41, 5.74) is 1.13. The third-order valence-corrected chi connectivity index (χ3v) is 7.30. The minimum Gasteiger partial charge on any atom is -0.468 e. The van der Waals surface area contributed by atoms with Gasteiger partial charge in [0.15, 0.2) is 0 Å². The Hall–Kier alpha value is -2.84. The van der Waals surface area contributed by atoms with E-state index in [4.69, 9.17) is 4.74 Å². The van der Waals surface area contributed by atoms with Gasteiger partial charge in [-0.25, -0.2) is 4.90 Å². The van der Waals surface area contributed by atoms with E-state index in [2.05, 4.69) is 5.32 Å². The Morgan fingerprint density at radius 1 is 1.09 bits per heavy atom. The van der Waals surface area contributed by atoms with Crippen LogP contribution < -0.4 is 15.1 Å². The van der Waals surface area contributed by atoms with Gasteiger partial charge < -0.3 is 9.64 Å². The molecule has 0 unspecified atom stereocenters. The number of nitrogens with zero attached hydrogens (tertiary/aromatic N) is 2. The maximum Gasteiger partial charge on any atom is 0.326 e. The third kappa shape index (κ3) is 3.81. The Kier molecular flexibility index (Phi) is 6.50. The molecule has 0 bridgehead atoms. The van der Waals surface area contributed by atoms with E-state index in [1.807, 2.05) is 55.6 Å². The quantitative estimate of drug-likeness (QED) is 0.496. The number of hydrogen-bond donors (Lipinski definition) is 1. The molecule has 2 aliphatic heterocycles. The Morgan fingerprint density at radius 2 is 1.76 bits per heavy atom. The van der Waals surface area contributed by atoms with Gasteiger partial charge in [-0.1, -0.05) is 30.3 Å². The first-order chi connectivity index (χ1) is 15.9. The first-order valence-electron chi connectivity index (χ1n) is 10.9. The first kappa shape index (κ1) is 23.3. The van der Waals surface area contributed by atoms with Gasteiger partial charge in [0.25, 0.3) is 0 Å². The minimum atomic E-state index is -1.27. The number of esters is 1. The molecule has 4 rings (SSSR count). The number of nitrogens with one attached hydrogen (secondary N) is 1. The number of carbonyl (C=O) groups is 3. The predicted octanol–water partition coefficient (Wildman–Crippen LogP) is 2.87. The van der Waals surface area contributed by atoms with Crippen LogP contribution in [0.1, 0.15) is 18.0 Å². The summed E-state index contributed by atoms with van der Waals surface area (Å²) in [6.07, 6.45) is 2.34. The topological polar surface area (TPSA) is 79.0 Å². The molecule has 2 aromatic carbocycles. The van der Waals surface area contributed by atoms with Crippen molar-refractivity contribution in [2.45, 2.75) is 18.0 Å². The molecule has 1 N–H and O–H groups in total. The van der Waals surface area contributed by atoms with Crippen LogP contribution in [0.2, 0.25) is 0 Å². The van der Waals surface area contributed by atoms with Crippen LogP contribution in [0.3, 0.4) is 0 Å². The maximum absolute atomic E-state index is 13.8. The summed E-state index contributed by atoms with van der Waals surface area (Å²) >= 11 is 1.59. The number of hydrogen-bond acceptors (Lipinski definition) is 7. The molecular formula is C25H29N3O4S. The lowest BCUT2D eigenvalue weighted by Crippen LogP contribution is -2.56. The Balaban J connectivity index is 1.83. The number of methoxy groups -OCH3 is 1. The highest BCUT2D eigenvalue weighted by Gasteiger charge is 2.68. The summed E-state index contributed by atoms with van der Waals surface area (Å²) in [7, 11) is 5.25. The largest absolute Gasteiger partial charge is 0.468 e. The number of carbonyl (C=O) groups excluding carboxylic acids is 3. The lowest BCUT2D eigenvalue weighted by molar-refractivity contribution is -0.152. The number of rotatable bonds is 7. The van der Waals surface area contributed by atoms with Crippen molar-refractivity contribution in [1.29, 1.82) is 0 Å². The number of ether oxygens (including phenoxy) is 1. The van der Waals surface area contributed by atoms with Gasteiger partial charge in [-0.2, -0.15) is 11.8 Å². The Morgan fingerprint density at radius 3 is 2.33 bits per heavy atom. The molecule has 0 aliphatic carbocycles. The highest BCUT2D eigenvalue weighted by Crippen LogP contribution is 2.51. The van der Waals surface area contributed by atoms with E-state index < -0.39 is 29.4 Å². The van der Waals surface area contributed by atoms with Crippen LogP contribution in [-0.4, -0.2) is 56.5 Å². The van der Waals surface area contributed by atoms with Gasteiger partial charge in [-0.3, -0.25) is 19.7 Å². The molecule has 2 saturated heterocycles. The Labute approximate surface area is 198 Å². The zero-order chi connectivity index (χ0) is 23.8. The fourth-order valence-corrected chi connectivity index (χ4v) is 5.59. The summed E-state index contributed by atoms with van der Waals surface area (Å²) in [5, 5.41) is 3.42. The van der Waals surface area contributed by atoms with Crippen molar-refractivity contribution in [2.75, 3.05) is 43.0 Å². The highest BCUT2D eigenvalue weighted by molar-refractivity contribution is 7.98. The zero-order valence-electron chi connectivity index (χ0n) is 19.3. The average Bonchev–Trinajstić information content (AvgIpc) is 3.32. The van der Waals surface area contributed by atoms with E-state index in [1.165, 1.54) is 12.0 Å². The molecule has 0 saturated carbocycles. The van der Waals surface area contributed by atoms with Crippen molar-refractivity contribution < 1.29 is 19.1 Å². The number of fused-ring (bicyclic) bond motifs is 1. The lowest BCUT2D eigenvalue weighted by Gasteiger charge is -2.32. The summed E-state index contributed by atoms with van der Waals surface area (Å²) in [6.45, 7) is 0. The summed E-state index contributed by atoms with van der Waals surface area (Å²) in [6, 6.07) is 16.3. The SMILES string of the molecule is COC(=O)[C@@]1(CCSC)N[C@@H](c2ccc(N(C)C)cc2)[C@@H]2C(=O)N(c3ccccc3)C(=O)[C@H]21. The molecule has 0 aromatic heterocycles. The zero-order valence-corrected chi connectivity index (χ0v) is 20.1. The number of amides is 2. The molecule has 33 heavy (non-hydrogen) atoms. The van der Waals surface area contributed by atoms with Crippen LogP contribution >= 0.6 is 11.8 Å². The van der Waals surface area contributed by atoms with Gasteiger partial charge in [0, 0.05) is 25.8 Å². The molecule has 8 heteroatoms. The van der Waals surface area contributed by atoms with Crippen molar-refractivity contribution in [3.05, 3.63) is 60.2 Å². The number of imide groups is 1. The van der Waals surface area contributed by atoms with Crippen LogP contribution in [0.4, 0.5) is 11.4 Å². The van der Waals surface area contributed by atoms with Gasteiger partial charge >= 0.3 is 5.97 Å². The number of anilines is 2. The van der Waals surface area contributed by atoms with Crippen molar-refractivity contribution in [3.8, 4) is 0 Å². The van der Waals surface area contributed by atoms with Gasteiger partial charge in [0.2, 0.25) is 11.8 Å². The molecule has 4 atom stereocenters. The molecule has 2 fully saturated rings. The van der Waals surface area contributed by atoms with Crippen LogP contribution in [0.15, 0.2) is 54.6 Å². The van der Waals surface area contributed by atoms with E-state index in [1.54, 1.807) is 36.0 Å². The fourth-order valence-electron chi connectivity index (χ4n) is 5.07. The lowest BCUT2D eigenvalue weighted by atomic mass is 9.78. The second-order valence-corrected chi connectivity index (χ2v) is 9.65. The summed E-state index contributed by atoms with van der Waals surface area (Å²) < 4.78 is 5.20. The number of benzene rings is 2. The third-order valence-electron chi connectivity index (χ3n) is 6.69. The minimum absolute atomic E-state index is 0.291. The standard InChI is InChI=1S/C25H29N3O4S/c1-27(2)17-12-10-16(11-13-17)21-19-20(25(26-21,14-15-33-4)24(31)32-3)23(30)28(22(19)29)18-8-6-5-7-9-18/h5-13,19-21,26H,14-15H2,1-4H3/t19-,20+,21+,25+/m1/s1. The van der Waals surface area contributed by atoms with Gasteiger partial charge in [0.1, 0.15) is 5.54 Å². The monoisotopic (exact) mass is 467 g/mol. The van der Waals surface area contributed by atoms with E-state index >= 15 is 0 Å². The Bertz CT molecular complexity index is 1040. The molecule has 2 aromatic rings. The van der Waals surface area contributed by atoms with E-state index in [9.17, 15) is 14.4 Å². The van der Waals surface area contributed by atoms with Crippen LogP contribution in [0, 0.1) is 11.8 Å². The van der Waals surface area contributed by atoms with Gasteiger partial charge in [-0.05, 0) is 48.3 Å². The molecule has 2 heterocycles. The van der Waals surface area contributed by atoms with Crippen LogP contribution in [0.25, 0.3) is 0 Å². The number of para-hydroxylation sites is 1. The fraction of sp³-hybridized carbons (Fsp3) is 0.400. The molecule has 0 radical (unpaired) electrons. The maximum atomic E-state index is 13.8. The van der Waals surface area contributed by atoms with Crippen molar-refractivity contribution in [1.82, 2.24) is 5.32 Å². The van der Waals surface area contributed by atoms with E-state index in [0.29, 0.717) is 17.9 Å². The van der Waals surface area contributed by atoms with E-state index in [0.717, 1.165) is 11.3 Å². The summed E-state index contributed by atoms with van der Waals surface area (Å²) in [4.78, 5) is 43.9. The van der Waals surface area contributed by atoms with Gasteiger partial charge in [0.05, 0.1) is 24.6 Å². The number of thioether (sulfide) groups is 1. The second kappa shape index (κ2) is 9.19. The molecule has 7 nitrogen and oxygen atoms in total.